The summed E-state index contributed by atoms with van der Waals surface area (Å²) in [7, 11) is 0. The molecule has 9 nitrogen and oxygen atoms in total. The lowest BCUT2D eigenvalue weighted by molar-refractivity contribution is -0.186. The summed E-state index contributed by atoms with van der Waals surface area (Å²) in [6.45, 7) is 3.74. The Morgan fingerprint density at radius 1 is 0.968 bits per heavy atom. The van der Waals surface area contributed by atoms with Crippen LogP contribution in [0.2, 0.25) is 0 Å². The molecule has 3 rings (SSSR count). The zero-order chi connectivity index (χ0) is 22.4. The molecule has 1 aliphatic rings. The third kappa shape index (κ3) is 6.17. The zero-order valence-corrected chi connectivity index (χ0v) is 18.0. The van der Waals surface area contributed by atoms with E-state index in [1.807, 2.05) is 6.07 Å². The van der Waals surface area contributed by atoms with E-state index in [0.717, 1.165) is 5.56 Å². The average molecular weight is 446 g/mol. The standard InChI is InChI=1S/C21H22N2O7S/c1-12(24)27-18-11-31-21(20(29-14(3)26)19(18)28-13(2)25)30-16-6-4-5-15(9-16)17-10-22-7-8-23-17/h4-10,18-21H,11H2,1-3H3/t18-,19+,20-,21-/m1/s1. The SMILES string of the molecule is CC(=O)O[C@@H]1[C@@H](OC(C)=O)[C@H](OC(C)=O)CS[C@H]1Oc1cccc(-c2cnccn2)c1. The molecule has 31 heavy (non-hydrogen) atoms. The van der Waals surface area contributed by atoms with Crippen molar-refractivity contribution in [1.82, 2.24) is 9.97 Å². The van der Waals surface area contributed by atoms with Gasteiger partial charge in [0.1, 0.15) is 5.75 Å². The molecule has 2 aromatic rings. The molecule has 0 amide bonds. The van der Waals surface area contributed by atoms with Gasteiger partial charge in [-0.05, 0) is 12.1 Å². The number of ether oxygens (including phenoxy) is 4. The number of hydrogen-bond donors (Lipinski definition) is 0. The van der Waals surface area contributed by atoms with Gasteiger partial charge >= 0.3 is 17.9 Å². The Morgan fingerprint density at radius 3 is 2.32 bits per heavy atom. The Kier molecular flexibility index (Phi) is 7.45. The minimum atomic E-state index is -1.00. The Morgan fingerprint density at radius 2 is 1.68 bits per heavy atom. The van der Waals surface area contributed by atoms with Crippen LogP contribution < -0.4 is 4.74 Å². The summed E-state index contributed by atoms with van der Waals surface area (Å²) in [6.07, 6.45) is 2.05. The fraction of sp³-hybridized carbons (Fsp3) is 0.381. The number of carbonyl (C=O) groups is 3. The van der Waals surface area contributed by atoms with Gasteiger partial charge in [-0.1, -0.05) is 12.1 Å². The monoisotopic (exact) mass is 446 g/mol. The second-order valence-electron chi connectivity index (χ2n) is 6.73. The van der Waals surface area contributed by atoms with Gasteiger partial charge < -0.3 is 18.9 Å². The van der Waals surface area contributed by atoms with Crippen molar-refractivity contribution in [2.75, 3.05) is 5.75 Å². The first kappa shape index (κ1) is 22.5. The summed E-state index contributed by atoms with van der Waals surface area (Å²) in [5.74, 6) is -0.891. The molecule has 4 atom stereocenters. The van der Waals surface area contributed by atoms with Crippen molar-refractivity contribution in [3.05, 3.63) is 42.9 Å². The summed E-state index contributed by atoms with van der Waals surface area (Å²) in [6, 6.07) is 7.21. The van der Waals surface area contributed by atoms with E-state index in [1.165, 1.54) is 32.5 Å². The molecule has 1 aliphatic heterocycles. The van der Waals surface area contributed by atoms with Gasteiger partial charge in [-0.2, -0.15) is 0 Å². The van der Waals surface area contributed by atoms with Crippen LogP contribution in [0, 0.1) is 0 Å². The van der Waals surface area contributed by atoms with Crippen molar-refractivity contribution >= 4 is 29.7 Å². The molecule has 0 unspecified atom stereocenters. The largest absolute Gasteiger partial charge is 0.476 e. The van der Waals surface area contributed by atoms with Crippen LogP contribution >= 0.6 is 11.8 Å². The average Bonchev–Trinajstić information content (AvgIpc) is 2.72. The van der Waals surface area contributed by atoms with E-state index < -0.39 is 41.7 Å². The second-order valence-corrected chi connectivity index (χ2v) is 7.87. The molecule has 0 saturated carbocycles. The first-order valence-corrected chi connectivity index (χ1v) is 10.5. The van der Waals surface area contributed by atoms with Crippen LogP contribution in [0.1, 0.15) is 20.8 Å². The third-order valence-electron chi connectivity index (χ3n) is 4.25. The predicted molar refractivity (Wildman–Crippen MR) is 111 cm³/mol. The van der Waals surface area contributed by atoms with Crippen molar-refractivity contribution in [1.29, 1.82) is 0 Å². The topological polar surface area (TPSA) is 114 Å². The summed E-state index contributed by atoms with van der Waals surface area (Å²) in [4.78, 5) is 43.3. The number of carbonyl (C=O) groups excluding carboxylic acids is 3. The highest BCUT2D eigenvalue weighted by molar-refractivity contribution is 7.99. The molecule has 2 heterocycles. The predicted octanol–water partition coefficient (Wildman–Crippen LogP) is 2.39. The number of thioether (sulfide) groups is 1. The molecule has 0 radical (unpaired) electrons. The Balaban J connectivity index is 1.86. The highest BCUT2D eigenvalue weighted by atomic mass is 32.2. The minimum Gasteiger partial charge on any atom is -0.476 e. The van der Waals surface area contributed by atoms with Gasteiger partial charge in [0.2, 0.25) is 0 Å². The van der Waals surface area contributed by atoms with Crippen molar-refractivity contribution in [3.63, 3.8) is 0 Å². The minimum absolute atomic E-state index is 0.295. The third-order valence-corrected chi connectivity index (χ3v) is 5.46. The molecule has 0 bridgehead atoms. The van der Waals surface area contributed by atoms with Crippen LogP contribution in [0.15, 0.2) is 42.9 Å². The molecule has 164 valence electrons. The maximum absolute atomic E-state index is 11.8. The lowest BCUT2D eigenvalue weighted by Gasteiger charge is -2.39. The van der Waals surface area contributed by atoms with Gasteiger partial charge in [0.15, 0.2) is 23.7 Å². The highest BCUT2D eigenvalue weighted by Crippen LogP contribution is 2.35. The van der Waals surface area contributed by atoms with E-state index in [2.05, 4.69) is 9.97 Å². The van der Waals surface area contributed by atoms with Crippen molar-refractivity contribution < 1.29 is 33.3 Å². The molecule has 10 heteroatoms. The highest BCUT2D eigenvalue weighted by Gasteiger charge is 2.47. The second kappa shape index (κ2) is 10.3. The van der Waals surface area contributed by atoms with Gasteiger partial charge in [-0.15, -0.1) is 11.8 Å². The molecular formula is C21H22N2O7S. The maximum Gasteiger partial charge on any atom is 0.303 e. The van der Waals surface area contributed by atoms with E-state index in [0.29, 0.717) is 17.2 Å². The first-order valence-electron chi connectivity index (χ1n) is 9.50. The summed E-state index contributed by atoms with van der Waals surface area (Å²) < 4.78 is 22.2. The van der Waals surface area contributed by atoms with E-state index in [1.54, 1.807) is 36.8 Å². The van der Waals surface area contributed by atoms with Crippen molar-refractivity contribution in [3.8, 4) is 17.0 Å². The van der Waals surface area contributed by atoms with Crippen LogP contribution in [0.4, 0.5) is 0 Å². The number of nitrogens with zero attached hydrogens (tertiary/aromatic N) is 2. The molecule has 1 aromatic heterocycles. The molecule has 0 N–H and O–H groups in total. The van der Waals surface area contributed by atoms with Gasteiger partial charge in [0.25, 0.3) is 0 Å². The van der Waals surface area contributed by atoms with Gasteiger partial charge in [0.05, 0.1) is 11.9 Å². The van der Waals surface area contributed by atoms with Crippen LogP contribution in [0.25, 0.3) is 11.3 Å². The van der Waals surface area contributed by atoms with E-state index >= 15 is 0 Å². The number of esters is 3. The quantitative estimate of drug-likeness (QED) is 0.484. The number of aromatic nitrogens is 2. The van der Waals surface area contributed by atoms with Crippen molar-refractivity contribution in [2.24, 2.45) is 0 Å². The van der Waals surface area contributed by atoms with Crippen molar-refractivity contribution in [2.45, 2.75) is 44.5 Å². The molecular weight excluding hydrogens is 424 g/mol. The summed E-state index contributed by atoms with van der Waals surface area (Å²) in [5, 5.41) is 0. The van der Waals surface area contributed by atoms with Gasteiger partial charge in [0, 0.05) is 44.5 Å². The zero-order valence-electron chi connectivity index (χ0n) is 17.2. The Bertz CT molecular complexity index is 940. The summed E-state index contributed by atoms with van der Waals surface area (Å²) in [5.41, 5.74) is 0.774. The van der Waals surface area contributed by atoms with E-state index in [-0.39, 0.29) is 0 Å². The summed E-state index contributed by atoms with van der Waals surface area (Å²) >= 11 is 1.29. The molecule has 1 fully saturated rings. The number of hydrogen-bond acceptors (Lipinski definition) is 10. The maximum atomic E-state index is 11.8. The van der Waals surface area contributed by atoms with Crippen LogP contribution in [0.5, 0.6) is 5.75 Å². The van der Waals surface area contributed by atoms with E-state index in [4.69, 9.17) is 18.9 Å². The van der Waals surface area contributed by atoms with E-state index in [9.17, 15) is 14.4 Å². The first-order chi connectivity index (χ1) is 14.8. The van der Waals surface area contributed by atoms with Crippen LogP contribution in [-0.2, 0) is 28.6 Å². The molecule has 0 spiro atoms. The van der Waals surface area contributed by atoms with Crippen LogP contribution in [-0.4, -0.2) is 57.4 Å². The van der Waals surface area contributed by atoms with Gasteiger partial charge in [-0.25, -0.2) is 0 Å². The Labute approximate surface area is 183 Å². The smallest absolute Gasteiger partial charge is 0.303 e. The number of benzene rings is 1. The van der Waals surface area contributed by atoms with Gasteiger partial charge in [-0.3, -0.25) is 24.4 Å². The molecule has 0 aliphatic carbocycles. The van der Waals surface area contributed by atoms with Crippen LogP contribution in [0.3, 0.4) is 0 Å². The number of rotatable bonds is 6. The lowest BCUT2D eigenvalue weighted by Crippen LogP contribution is -2.55. The lowest BCUT2D eigenvalue weighted by atomic mass is 10.1. The molecule has 1 saturated heterocycles. The normalized spacial score (nSPS) is 22.8. The Hall–Kier alpha value is -3.14. The fourth-order valence-corrected chi connectivity index (χ4v) is 4.34. The molecule has 1 aromatic carbocycles. The fourth-order valence-electron chi connectivity index (χ4n) is 3.12.